The summed E-state index contributed by atoms with van der Waals surface area (Å²) in [5, 5.41) is 0.564. The zero-order chi connectivity index (χ0) is 16.9. The molecule has 0 saturated heterocycles. The van der Waals surface area contributed by atoms with Gasteiger partial charge in [-0.3, -0.25) is 4.72 Å². The summed E-state index contributed by atoms with van der Waals surface area (Å²) >= 11 is 5.94. The van der Waals surface area contributed by atoms with E-state index < -0.39 is 10.0 Å². The maximum Gasteiger partial charge on any atom is 0.266 e. The number of fused-ring (bicyclic) bond motifs is 2. The average Bonchev–Trinajstić information content (AvgIpc) is 3.15. The SMILES string of the molecule is Cc1cc(Cl)ccc1NS(=O)(=O)c1c2c(cc3c1OCC3)OCC2. The molecular formula is C17H16ClNO4S. The third-order valence-corrected chi connectivity index (χ3v) is 6.00. The van der Waals surface area contributed by atoms with Crippen molar-refractivity contribution in [3.8, 4) is 11.5 Å². The predicted molar refractivity (Wildman–Crippen MR) is 91.8 cm³/mol. The third kappa shape index (κ3) is 2.50. The fourth-order valence-corrected chi connectivity index (χ4v) is 4.97. The first-order chi connectivity index (χ1) is 11.5. The largest absolute Gasteiger partial charge is 0.493 e. The van der Waals surface area contributed by atoms with Crippen LogP contribution in [0.25, 0.3) is 0 Å². The van der Waals surface area contributed by atoms with Crippen molar-refractivity contribution in [2.45, 2.75) is 24.7 Å². The van der Waals surface area contributed by atoms with Crippen LogP contribution < -0.4 is 14.2 Å². The predicted octanol–water partition coefficient (Wildman–Crippen LogP) is 3.32. The Labute approximate surface area is 145 Å². The van der Waals surface area contributed by atoms with E-state index >= 15 is 0 Å². The molecule has 0 saturated carbocycles. The van der Waals surface area contributed by atoms with Crippen molar-refractivity contribution in [1.29, 1.82) is 0 Å². The van der Waals surface area contributed by atoms with Gasteiger partial charge in [0, 0.05) is 29.0 Å². The van der Waals surface area contributed by atoms with Crippen molar-refractivity contribution in [2.24, 2.45) is 0 Å². The highest BCUT2D eigenvalue weighted by molar-refractivity contribution is 7.92. The smallest absolute Gasteiger partial charge is 0.266 e. The molecule has 2 aromatic rings. The summed E-state index contributed by atoms with van der Waals surface area (Å²) in [5.41, 5.74) is 2.83. The Morgan fingerprint density at radius 1 is 1.12 bits per heavy atom. The lowest BCUT2D eigenvalue weighted by Gasteiger charge is -2.16. The molecule has 0 fully saturated rings. The van der Waals surface area contributed by atoms with E-state index in [1.54, 1.807) is 18.2 Å². The highest BCUT2D eigenvalue weighted by Crippen LogP contribution is 2.43. The van der Waals surface area contributed by atoms with Crippen LogP contribution in [0.5, 0.6) is 11.5 Å². The van der Waals surface area contributed by atoms with E-state index in [1.807, 2.05) is 13.0 Å². The number of hydrogen-bond donors (Lipinski definition) is 1. The molecule has 2 aliphatic rings. The van der Waals surface area contributed by atoms with Crippen molar-refractivity contribution < 1.29 is 17.9 Å². The van der Waals surface area contributed by atoms with Crippen LogP contribution in [0.15, 0.2) is 29.2 Å². The van der Waals surface area contributed by atoms with Gasteiger partial charge in [0.15, 0.2) is 0 Å². The van der Waals surface area contributed by atoms with Crippen LogP contribution in [-0.4, -0.2) is 21.6 Å². The van der Waals surface area contributed by atoms with Crippen LogP contribution in [0, 0.1) is 6.92 Å². The second-order valence-electron chi connectivity index (χ2n) is 5.93. The molecular weight excluding hydrogens is 350 g/mol. The van der Waals surface area contributed by atoms with Gasteiger partial charge in [-0.2, -0.15) is 0 Å². The monoisotopic (exact) mass is 365 g/mol. The molecule has 0 unspecified atom stereocenters. The number of benzene rings is 2. The Morgan fingerprint density at radius 2 is 1.92 bits per heavy atom. The van der Waals surface area contributed by atoms with E-state index in [2.05, 4.69) is 4.72 Å². The zero-order valence-corrected chi connectivity index (χ0v) is 14.6. The first-order valence-electron chi connectivity index (χ1n) is 7.69. The molecule has 126 valence electrons. The number of hydrogen-bond acceptors (Lipinski definition) is 4. The van der Waals surface area contributed by atoms with Crippen molar-refractivity contribution in [3.05, 3.63) is 46.0 Å². The summed E-state index contributed by atoms with van der Waals surface area (Å²) in [6.07, 6.45) is 1.25. The molecule has 0 amide bonds. The van der Waals surface area contributed by atoms with E-state index in [-0.39, 0.29) is 4.90 Å². The van der Waals surface area contributed by atoms with Gasteiger partial charge in [-0.15, -0.1) is 0 Å². The van der Waals surface area contributed by atoms with Gasteiger partial charge in [0.05, 0.1) is 18.9 Å². The molecule has 2 aromatic carbocycles. The number of nitrogens with one attached hydrogen (secondary N) is 1. The van der Waals surface area contributed by atoms with Crippen molar-refractivity contribution in [2.75, 3.05) is 17.9 Å². The van der Waals surface area contributed by atoms with Crippen LogP contribution in [0.1, 0.15) is 16.7 Å². The first-order valence-corrected chi connectivity index (χ1v) is 9.55. The normalized spacial score (nSPS) is 15.4. The standard InChI is InChI=1S/C17H16ClNO4S/c1-10-8-12(18)2-3-14(10)19-24(20,21)17-13-5-7-22-15(13)9-11-4-6-23-16(11)17/h2-3,8-9,19H,4-7H2,1H3. The van der Waals surface area contributed by atoms with Crippen LogP contribution in [0.4, 0.5) is 5.69 Å². The number of rotatable bonds is 3. The maximum atomic E-state index is 13.1. The van der Waals surface area contributed by atoms with Gasteiger partial charge in [-0.1, -0.05) is 11.6 Å². The molecule has 0 spiro atoms. The van der Waals surface area contributed by atoms with Crippen LogP contribution >= 0.6 is 11.6 Å². The Kier molecular flexibility index (Phi) is 3.62. The zero-order valence-electron chi connectivity index (χ0n) is 13.1. The van der Waals surface area contributed by atoms with E-state index in [1.165, 1.54) is 0 Å². The summed E-state index contributed by atoms with van der Waals surface area (Å²) in [7, 11) is -3.80. The van der Waals surface area contributed by atoms with E-state index in [0.29, 0.717) is 53.8 Å². The molecule has 0 radical (unpaired) electrons. The Hall–Kier alpha value is -1.92. The summed E-state index contributed by atoms with van der Waals surface area (Å²) < 4.78 is 40.0. The molecule has 5 nitrogen and oxygen atoms in total. The quantitative estimate of drug-likeness (QED) is 0.906. The molecule has 24 heavy (non-hydrogen) atoms. The fraction of sp³-hybridized carbons (Fsp3) is 0.294. The lowest BCUT2D eigenvalue weighted by atomic mass is 10.1. The van der Waals surface area contributed by atoms with Crippen molar-refractivity contribution in [1.82, 2.24) is 0 Å². The van der Waals surface area contributed by atoms with Gasteiger partial charge in [0.25, 0.3) is 10.0 Å². The van der Waals surface area contributed by atoms with Gasteiger partial charge in [0.1, 0.15) is 16.4 Å². The minimum atomic E-state index is -3.80. The Morgan fingerprint density at radius 3 is 2.71 bits per heavy atom. The molecule has 0 atom stereocenters. The van der Waals surface area contributed by atoms with Gasteiger partial charge in [-0.25, -0.2) is 8.42 Å². The maximum absolute atomic E-state index is 13.1. The minimum Gasteiger partial charge on any atom is -0.493 e. The van der Waals surface area contributed by atoms with Crippen molar-refractivity contribution in [3.63, 3.8) is 0 Å². The van der Waals surface area contributed by atoms with Gasteiger partial charge >= 0.3 is 0 Å². The van der Waals surface area contributed by atoms with E-state index in [0.717, 1.165) is 11.1 Å². The highest BCUT2D eigenvalue weighted by atomic mass is 35.5. The molecule has 1 N–H and O–H groups in total. The molecule has 2 heterocycles. The van der Waals surface area contributed by atoms with Crippen LogP contribution in [-0.2, 0) is 22.9 Å². The molecule has 0 aliphatic carbocycles. The second kappa shape index (κ2) is 5.57. The molecule has 7 heteroatoms. The summed E-state index contributed by atoms with van der Waals surface area (Å²) in [5.74, 6) is 1.10. The van der Waals surface area contributed by atoms with Gasteiger partial charge in [0.2, 0.25) is 0 Å². The molecule has 4 rings (SSSR count). The molecule has 0 aromatic heterocycles. The van der Waals surface area contributed by atoms with Crippen molar-refractivity contribution >= 4 is 27.3 Å². The molecule has 2 aliphatic heterocycles. The van der Waals surface area contributed by atoms with Crippen LogP contribution in [0.3, 0.4) is 0 Å². The fourth-order valence-electron chi connectivity index (χ4n) is 3.16. The number of halogens is 1. The van der Waals surface area contributed by atoms with Gasteiger partial charge in [-0.05, 0) is 36.8 Å². The first kappa shape index (κ1) is 15.6. The lowest BCUT2D eigenvalue weighted by Crippen LogP contribution is -2.16. The third-order valence-electron chi connectivity index (χ3n) is 4.30. The van der Waals surface area contributed by atoms with E-state index in [9.17, 15) is 8.42 Å². The highest BCUT2D eigenvalue weighted by Gasteiger charge is 2.34. The molecule has 0 bridgehead atoms. The number of anilines is 1. The topological polar surface area (TPSA) is 64.6 Å². The number of ether oxygens (including phenoxy) is 2. The van der Waals surface area contributed by atoms with Gasteiger partial charge < -0.3 is 9.47 Å². The van der Waals surface area contributed by atoms with Crippen LogP contribution in [0.2, 0.25) is 5.02 Å². The summed E-state index contributed by atoms with van der Waals surface area (Å²) in [6, 6.07) is 6.94. The second-order valence-corrected chi connectivity index (χ2v) is 7.99. The lowest BCUT2D eigenvalue weighted by molar-refractivity contribution is 0.348. The number of aryl methyl sites for hydroxylation is 1. The number of sulfonamides is 1. The minimum absolute atomic E-state index is 0.208. The summed E-state index contributed by atoms with van der Waals surface area (Å²) in [4.78, 5) is 0.208. The van der Waals surface area contributed by atoms with E-state index in [4.69, 9.17) is 21.1 Å². The summed E-state index contributed by atoms with van der Waals surface area (Å²) in [6.45, 7) is 2.78. The Balaban J connectivity index is 1.83. The Bertz CT molecular complexity index is 908. The average molecular weight is 366 g/mol.